The van der Waals surface area contributed by atoms with Gasteiger partial charge in [-0.3, -0.25) is 4.98 Å². The number of nitrogens with zero attached hydrogens (tertiary/aromatic N) is 1. The smallest absolute Gasteiger partial charge is 0.176 e. The molecule has 0 amide bonds. The summed E-state index contributed by atoms with van der Waals surface area (Å²) >= 11 is 0. The second kappa shape index (κ2) is 8.08. The summed E-state index contributed by atoms with van der Waals surface area (Å²) in [6, 6.07) is 10.3. The van der Waals surface area contributed by atoms with Crippen LogP contribution in [0.2, 0.25) is 0 Å². The highest BCUT2D eigenvalue weighted by atomic mass is 16.7. The fourth-order valence-corrected chi connectivity index (χ4v) is 2.42. The highest BCUT2D eigenvalue weighted by molar-refractivity contribution is 5.78. The topological polar surface area (TPSA) is 43.4 Å². The van der Waals surface area contributed by atoms with Crippen molar-refractivity contribution in [1.29, 1.82) is 0 Å². The molecule has 1 aromatic heterocycles. The molecule has 0 aliphatic heterocycles. The quantitative estimate of drug-likeness (QED) is 0.757. The van der Waals surface area contributed by atoms with Gasteiger partial charge in [-0.1, -0.05) is 25.1 Å². The molecule has 0 aliphatic carbocycles. The first kappa shape index (κ1) is 15.9. The molecule has 0 bridgehead atoms. The molecule has 2 aromatic rings. The maximum Gasteiger partial charge on any atom is 0.176 e. The van der Waals surface area contributed by atoms with Crippen molar-refractivity contribution in [2.45, 2.75) is 33.1 Å². The van der Waals surface area contributed by atoms with Crippen LogP contribution in [0.1, 0.15) is 32.4 Å². The average Bonchev–Trinajstić information content (AvgIpc) is 2.52. The standard InChI is InChI=1S/C17H24N2O2/c1-4-18-16(17(20-5-2)21-6-3)14-11-13-9-7-8-10-15(13)19-12-14/h7-12,16-18H,4-6H2,1-3H3. The minimum atomic E-state index is -0.303. The monoisotopic (exact) mass is 288 g/mol. The van der Waals surface area contributed by atoms with E-state index in [1.165, 1.54) is 0 Å². The summed E-state index contributed by atoms with van der Waals surface area (Å²) in [6.07, 6.45) is 1.60. The summed E-state index contributed by atoms with van der Waals surface area (Å²) < 4.78 is 11.5. The van der Waals surface area contributed by atoms with E-state index in [0.717, 1.165) is 23.0 Å². The van der Waals surface area contributed by atoms with Crippen LogP contribution in [0, 0.1) is 0 Å². The third-order valence-electron chi connectivity index (χ3n) is 3.33. The molecule has 4 heteroatoms. The van der Waals surface area contributed by atoms with Crippen molar-refractivity contribution in [3.8, 4) is 0 Å². The van der Waals surface area contributed by atoms with Crippen molar-refractivity contribution >= 4 is 10.9 Å². The lowest BCUT2D eigenvalue weighted by atomic mass is 10.1. The first-order chi connectivity index (χ1) is 10.3. The van der Waals surface area contributed by atoms with E-state index in [-0.39, 0.29) is 12.3 Å². The molecular formula is C17H24N2O2. The van der Waals surface area contributed by atoms with Gasteiger partial charge in [0.1, 0.15) is 0 Å². The van der Waals surface area contributed by atoms with Gasteiger partial charge in [0.2, 0.25) is 0 Å². The Balaban J connectivity index is 2.33. The van der Waals surface area contributed by atoms with Crippen molar-refractivity contribution < 1.29 is 9.47 Å². The van der Waals surface area contributed by atoms with Gasteiger partial charge in [-0.25, -0.2) is 0 Å². The molecule has 1 N–H and O–H groups in total. The van der Waals surface area contributed by atoms with E-state index in [1.54, 1.807) is 0 Å². The van der Waals surface area contributed by atoms with Crippen LogP contribution >= 0.6 is 0 Å². The second-order valence-corrected chi connectivity index (χ2v) is 4.78. The molecule has 2 rings (SSSR count). The van der Waals surface area contributed by atoms with Gasteiger partial charge >= 0.3 is 0 Å². The highest BCUT2D eigenvalue weighted by Crippen LogP contribution is 2.23. The molecule has 0 saturated heterocycles. The molecule has 0 saturated carbocycles. The minimum Gasteiger partial charge on any atom is -0.351 e. The van der Waals surface area contributed by atoms with Gasteiger partial charge in [0, 0.05) is 24.8 Å². The van der Waals surface area contributed by atoms with Crippen LogP contribution in [0.5, 0.6) is 0 Å². The van der Waals surface area contributed by atoms with E-state index in [0.29, 0.717) is 13.2 Å². The number of rotatable bonds is 8. The third-order valence-corrected chi connectivity index (χ3v) is 3.33. The molecule has 1 unspecified atom stereocenters. The Hall–Kier alpha value is -1.49. The van der Waals surface area contributed by atoms with Gasteiger partial charge in [-0.15, -0.1) is 0 Å². The number of likely N-dealkylation sites (N-methyl/N-ethyl adjacent to an activating group) is 1. The van der Waals surface area contributed by atoms with Crippen LogP contribution in [0.25, 0.3) is 10.9 Å². The van der Waals surface area contributed by atoms with Gasteiger partial charge in [-0.2, -0.15) is 0 Å². The molecule has 1 atom stereocenters. The van der Waals surface area contributed by atoms with Crippen LogP contribution in [0.4, 0.5) is 0 Å². The highest BCUT2D eigenvalue weighted by Gasteiger charge is 2.23. The molecule has 4 nitrogen and oxygen atoms in total. The largest absolute Gasteiger partial charge is 0.351 e. The number of benzene rings is 1. The summed E-state index contributed by atoms with van der Waals surface area (Å²) in [5.41, 5.74) is 2.09. The van der Waals surface area contributed by atoms with E-state index in [9.17, 15) is 0 Å². The van der Waals surface area contributed by atoms with Crippen LogP contribution in [-0.4, -0.2) is 31.0 Å². The van der Waals surface area contributed by atoms with E-state index in [1.807, 2.05) is 38.2 Å². The summed E-state index contributed by atoms with van der Waals surface area (Å²) in [4.78, 5) is 4.54. The number of fused-ring (bicyclic) bond motifs is 1. The van der Waals surface area contributed by atoms with E-state index in [4.69, 9.17) is 9.47 Å². The van der Waals surface area contributed by atoms with Gasteiger partial charge in [0.15, 0.2) is 6.29 Å². The molecule has 114 valence electrons. The summed E-state index contributed by atoms with van der Waals surface area (Å²) in [7, 11) is 0. The Morgan fingerprint density at radius 3 is 2.48 bits per heavy atom. The molecular weight excluding hydrogens is 264 g/mol. The van der Waals surface area contributed by atoms with Gasteiger partial charge in [0.25, 0.3) is 0 Å². The Bertz CT molecular complexity index is 553. The molecule has 0 radical (unpaired) electrons. The summed E-state index contributed by atoms with van der Waals surface area (Å²) in [5, 5.41) is 4.57. The first-order valence-corrected chi connectivity index (χ1v) is 7.61. The Kier molecular flexibility index (Phi) is 6.11. The minimum absolute atomic E-state index is 0.0213. The number of pyridine rings is 1. The normalized spacial score (nSPS) is 13.0. The maximum atomic E-state index is 5.75. The van der Waals surface area contributed by atoms with Crippen molar-refractivity contribution in [3.63, 3.8) is 0 Å². The maximum absolute atomic E-state index is 5.75. The second-order valence-electron chi connectivity index (χ2n) is 4.78. The Morgan fingerprint density at radius 1 is 1.10 bits per heavy atom. The predicted molar refractivity (Wildman–Crippen MR) is 85.2 cm³/mol. The Morgan fingerprint density at radius 2 is 1.81 bits per heavy atom. The fourth-order valence-electron chi connectivity index (χ4n) is 2.42. The molecule has 21 heavy (non-hydrogen) atoms. The zero-order valence-corrected chi connectivity index (χ0v) is 13.0. The van der Waals surface area contributed by atoms with Crippen molar-refractivity contribution in [2.75, 3.05) is 19.8 Å². The average molecular weight is 288 g/mol. The number of para-hydroxylation sites is 1. The van der Waals surface area contributed by atoms with Crippen molar-refractivity contribution in [2.24, 2.45) is 0 Å². The van der Waals surface area contributed by atoms with Gasteiger partial charge in [-0.05, 0) is 38.1 Å². The SMILES string of the molecule is CCNC(c1cnc2ccccc2c1)C(OCC)OCC. The third kappa shape index (κ3) is 4.00. The van der Waals surface area contributed by atoms with Gasteiger partial charge < -0.3 is 14.8 Å². The molecule has 0 aliphatic rings. The lowest BCUT2D eigenvalue weighted by Crippen LogP contribution is -2.36. The molecule has 0 spiro atoms. The molecule has 1 heterocycles. The number of hydrogen-bond acceptors (Lipinski definition) is 4. The van der Waals surface area contributed by atoms with Crippen molar-refractivity contribution in [1.82, 2.24) is 10.3 Å². The Labute approximate surface area is 126 Å². The van der Waals surface area contributed by atoms with Crippen LogP contribution in [0.15, 0.2) is 36.5 Å². The number of ether oxygens (including phenoxy) is 2. The lowest BCUT2D eigenvalue weighted by Gasteiger charge is -2.27. The molecule has 0 fully saturated rings. The van der Waals surface area contributed by atoms with E-state index in [2.05, 4.69) is 29.4 Å². The van der Waals surface area contributed by atoms with Crippen LogP contribution in [0.3, 0.4) is 0 Å². The van der Waals surface area contributed by atoms with E-state index >= 15 is 0 Å². The van der Waals surface area contributed by atoms with Crippen LogP contribution in [-0.2, 0) is 9.47 Å². The molecule has 1 aromatic carbocycles. The van der Waals surface area contributed by atoms with Gasteiger partial charge in [0.05, 0.1) is 11.6 Å². The first-order valence-electron chi connectivity index (χ1n) is 7.61. The summed E-state index contributed by atoms with van der Waals surface area (Å²) in [6.45, 7) is 8.12. The van der Waals surface area contributed by atoms with Crippen LogP contribution < -0.4 is 5.32 Å². The number of hydrogen-bond donors (Lipinski definition) is 1. The summed E-state index contributed by atoms with van der Waals surface area (Å²) in [5.74, 6) is 0. The zero-order valence-electron chi connectivity index (χ0n) is 13.0. The fraction of sp³-hybridized carbons (Fsp3) is 0.471. The van der Waals surface area contributed by atoms with E-state index < -0.39 is 0 Å². The number of aromatic nitrogens is 1. The zero-order chi connectivity index (χ0) is 15.1. The van der Waals surface area contributed by atoms with Crippen molar-refractivity contribution in [3.05, 3.63) is 42.1 Å². The predicted octanol–water partition coefficient (Wildman–Crippen LogP) is 3.28. The lowest BCUT2D eigenvalue weighted by molar-refractivity contribution is -0.155. The number of nitrogens with one attached hydrogen (secondary N) is 1.